The van der Waals surface area contributed by atoms with Crippen LogP contribution in [-0.2, 0) is 10.0 Å². The number of nitrogens with zero attached hydrogens (tertiary/aromatic N) is 1. The normalized spacial score (nSPS) is 14.6. The van der Waals surface area contributed by atoms with Crippen LogP contribution >= 0.6 is 11.6 Å². The average molecular weight is 365 g/mol. The first kappa shape index (κ1) is 17.0. The van der Waals surface area contributed by atoms with Gasteiger partial charge in [0.05, 0.1) is 15.6 Å². The third-order valence-corrected chi connectivity index (χ3v) is 6.23. The van der Waals surface area contributed by atoms with Crippen molar-refractivity contribution in [2.45, 2.75) is 23.8 Å². The first-order chi connectivity index (χ1) is 11.4. The smallest absolute Gasteiger partial charge is 0.255 e. The van der Waals surface area contributed by atoms with E-state index in [1.165, 1.54) is 28.6 Å². The Hall–Kier alpha value is -1.89. The van der Waals surface area contributed by atoms with Crippen molar-refractivity contribution < 1.29 is 13.2 Å². The number of amides is 1. The Morgan fingerprint density at radius 2 is 1.75 bits per heavy atom. The van der Waals surface area contributed by atoms with Gasteiger partial charge in [-0.3, -0.25) is 4.79 Å². The molecule has 0 aromatic heterocycles. The van der Waals surface area contributed by atoms with Gasteiger partial charge in [-0.2, -0.15) is 4.31 Å². The molecule has 7 heteroatoms. The first-order valence-corrected chi connectivity index (χ1v) is 9.35. The van der Waals surface area contributed by atoms with E-state index in [4.69, 9.17) is 11.6 Å². The third-order valence-electron chi connectivity index (χ3n) is 3.98. The number of benzene rings is 2. The van der Waals surface area contributed by atoms with E-state index in [-0.39, 0.29) is 16.8 Å². The number of halogens is 1. The van der Waals surface area contributed by atoms with E-state index in [2.05, 4.69) is 5.32 Å². The van der Waals surface area contributed by atoms with E-state index < -0.39 is 10.0 Å². The monoisotopic (exact) mass is 364 g/mol. The van der Waals surface area contributed by atoms with E-state index >= 15 is 0 Å². The molecule has 5 nitrogen and oxygen atoms in total. The van der Waals surface area contributed by atoms with E-state index in [1.807, 2.05) is 0 Å². The number of sulfonamides is 1. The summed E-state index contributed by atoms with van der Waals surface area (Å²) in [7, 11) is -1.91. The highest BCUT2D eigenvalue weighted by atomic mass is 35.5. The molecule has 1 fully saturated rings. The number of rotatable bonds is 5. The summed E-state index contributed by atoms with van der Waals surface area (Å²) >= 11 is 6.01. The molecule has 1 aliphatic carbocycles. The third kappa shape index (κ3) is 3.45. The quantitative estimate of drug-likeness (QED) is 0.884. The Bertz CT molecular complexity index is 862. The molecular weight excluding hydrogens is 348 g/mol. The fourth-order valence-electron chi connectivity index (χ4n) is 2.34. The predicted molar refractivity (Wildman–Crippen MR) is 93.8 cm³/mol. The number of hydrogen-bond donors (Lipinski definition) is 1. The molecule has 1 N–H and O–H groups in total. The Morgan fingerprint density at radius 3 is 2.33 bits per heavy atom. The minimum atomic E-state index is -3.50. The number of hydrogen-bond acceptors (Lipinski definition) is 3. The molecule has 0 atom stereocenters. The summed E-state index contributed by atoms with van der Waals surface area (Å²) in [4.78, 5) is 12.4. The van der Waals surface area contributed by atoms with Gasteiger partial charge in [0.25, 0.3) is 5.91 Å². The van der Waals surface area contributed by atoms with Crippen LogP contribution < -0.4 is 5.32 Å². The molecule has 0 bridgehead atoms. The maximum atomic E-state index is 12.4. The van der Waals surface area contributed by atoms with Crippen LogP contribution in [0.25, 0.3) is 0 Å². The van der Waals surface area contributed by atoms with Crippen molar-refractivity contribution >= 4 is 33.2 Å². The highest BCUT2D eigenvalue weighted by Crippen LogP contribution is 2.30. The molecule has 1 aliphatic rings. The van der Waals surface area contributed by atoms with E-state index in [0.717, 1.165) is 12.8 Å². The van der Waals surface area contributed by atoms with E-state index in [9.17, 15) is 13.2 Å². The lowest BCUT2D eigenvalue weighted by Gasteiger charge is -2.16. The molecule has 3 rings (SSSR count). The molecule has 1 amide bonds. The minimum Gasteiger partial charge on any atom is -0.321 e. The highest BCUT2D eigenvalue weighted by Gasteiger charge is 2.34. The van der Waals surface area contributed by atoms with Gasteiger partial charge in [-0.25, -0.2) is 8.42 Å². The number of carbonyl (C=O) groups is 1. The predicted octanol–water partition coefficient (Wildman–Crippen LogP) is 3.38. The molecule has 0 spiro atoms. The number of carbonyl (C=O) groups excluding carboxylic acids is 1. The molecule has 0 aliphatic heterocycles. The molecule has 0 saturated heterocycles. The van der Waals surface area contributed by atoms with Crippen LogP contribution in [0.4, 0.5) is 5.69 Å². The fraction of sp³-hybridized carbons (Fsp3) is 0.235. The zero-order valence-corrected chi connectivity index (χ0v) is 14.6. The summed E-state index contributed by atoms with van der Waals surface area (Å²) in [5.74, 6) is -0.345. The maximum absolute atomic E-state index is 12.4. The largest absolute Gasteiger partial charge is 0.321 e. The van der Waals surface area contributed by atoms with Crippen molar-refractivity contribution in [1.82, 2.24) is 4.31 Å². The fourth-order valence-corrected chi connectivity index (χ4v) is 3.93. The Morgan fingerprint density at radius 1 is 1.12 bits per heavy atom. The standard InChI is InChI=1S/C17H17ClN2O3S/c1-20(13-8-9-13)24(22,23)14-10-6-12(7-11-14)17(21)19-16-5-3-2-4-15(16)18/h2-7,10-11,13H,8-9H2,1H3,(H,19,21). The van der Waals surface area contributed by atoms with Gasteiger partial charge in [0.1, 0.15) is 0 Å². The van der Waals surface area contributed by atoms with Gasteiger partial charge in [-0.05, 0) is 49.2 Å². The van der Waals surface area contributed by atoms with Crippen LogP contribution in [0.2, 0.25) is 5.02 Å². The van der Waals surface area contributed by atoms with Gasteiger partial charge in [-0.1, -0.05) is 23.7 Å². The second-order valence-electron chi connectivity index (χ2n) is 5.71. The first-order valence-electron chi connectivity index (χ1n) is 7.53. The number of nitrogens with one attached hydrogen (secondary N) is 1. The van der Waals surface area contributed by atoms with Gasteiger partial charge in [0.2, 0.25) is 10.0 Å². The van der Waals surface area contributed by atoms with Crippen molar-refractivity contribution in [1.29, 1.82) is 0 Å². The average Bonchev–Trinajstić information content (AvgIpc) is 3.41. The van der Waals surface area contributed by atoms with Crippen molar-refractivity contribution in [2.24, 2.45) is 0 Å². The van der Waals surface area contributed by atoms with Crippen LogP contribution in [-0.4, -0.2) is 31.7 Å². The van der Waals surface area contributed by atoms with Crippen LogP contribution in [0.3, 0.4) is 0 Å². The lowest BCUT2D eigenvalue weighted by Crippen LogP contribution is -2.29. The summed E-state index contributed by atoms with van der Waals surface area (Å²) in [5.41, 5.74) is 0.872. The van der Waals surface area contributed by atoms with Crippen LogP contribution in [0.5, 0.6) is 0 Å². The van der Waals surface area contributed by atoms with E-state index in [1.54, 1.807) is 31.3 Å². The zero-order chi connectivity index (χ0) is 17.3. The van der Waals surface area contributed by atoms with Crippen molar-refractivity contribution in [2.75, 3.05) is 12.4 Å². The van der Waals surface area contributed by atoms with Gasteiger partial charge in [0, 0.05) is 18.7 Å². The lowest BCUT2D eigenvalue weighted by atomic mass is 10.2. The lowest BCUT2D eigenvalue weighted by molar-refractivity contribution is 0.102. The van der Waals surface area contributed by atoms with Crippen LogP contribution in [0, 0.1) is 0 Å². The molecule has 0 heterocycles. The second-order valence-corrected chi connectivity index (χ2v) is 8.12. The van der Waals surface area contributed by atoms with Gasteiger partial charge >= 0.3 is 0 Å². The summed E-state index contributed by atoms with van der Waals surface area (Å²) < 4.78 is 26.3. The molecular formula is C17H17ClN2O3S. The van der Waals surface area contributed by atoms with Crippen LogP contribution in [0.15, 0.2) is 53.4 Å². The number of para-hydroxylation sites is 1. The molecule has 1 saturated carbocycles. The molecule has 24 heavy (non-hydrogen) atoms. The van der Waals surface area contributed by atoms with Crippen molar-refractivity contribution in [3.8, 4) is 0 Å². The van der Waals surface area contributed by atoms with Gasteiger partial charge in [-0.15, -0.1) is 0 Å². The summed E-state index contributed by atoms with van der Waals surface area (Å²) in [6, 6.07) is 12.9. The van der Waals surface area contributed by atoms with Gasteiger partial charge in [0.15, 0.2) is 0 Å². The second kappa shape index (κ2) is 6.55. The summed E-state index contributed by atoms with van der Waals surface area (Å²) in [5, 5.41) is 3.15. The van der Waals surface area contributed by atoms with Crippen molar-refractivity contribution in [3.63, 3.8) is 0 Å². The van der Waals surface area contributed by atoms with Crippen molar-refractivity contribution in [3.05, 3.63) is 59.1 Å². The minimum absolute atomic E-state index is 0.0956. The van der Waals surface area contributed by atoms with Gasteiger partial charge < -0.3 is 5.32 Å². The topological polar surface area (TPSA) is 66.5 Å². The SMILES string of the molecule is CN(C1CC1)S(=O)(=O)c1ccc(C(=O)Nc2ccccc2Cl)cc1. The van der Waals surface area contributed by atoms with Crippen LogP contribution in [0.1, 0.15) is 23.2 Å². The Kier molecular flexibility index (Phi) is 4.62. The highest BCUT2D eigenvalue weighted by molar-refractivity contribution is 7.89. The summed E-state index contributed by atoms with van der Waals surface area (Å²) in [6.07, 6.45) is 1.79. The molecule has 0 radical (unpaired) electrons. The number of anilines is 1. The molecule has 2 aromatic rings. The Labute approximate surface area is 146 Å². The summed E-state index contributed by atoms with van der Waals surface area (Å²) in [6.45, 7) is 0. The molecule has 0 unspecified atom stereocenters. The molecule has 126 valence electrons. The molecule has 2 aromatic carbocycles. The Balaban J connectivity index is 1.77. The van der Waals surface area contributed by atoms with E-state index in [0.29, 0.717) is 16.3 Å². The maximum Gasteiger partial charge on any atom is 0.255 e. The zero-order valence-electron chi connectivity index (χ0n) is 13.1.